The molecule has 3 saturated carbocycles. The number of rotatable bonds is 12. The van der Waals surface area contributed by atoms with E-state index >= 15 is 0 Å². The molecule has 3 nitrogen and oxygen atoms in total. The first-order chi connectivity index (χ1) is 15.7. The van der Waals surface area contributed by atoms with Gasteiger partial charge >= 0.3 is 5.97 Å². The highest BCUT2D eigenvalue weighted by atomic mass is 16.5. The average Bonchev–Trinajstić information content (AvgIpc) is 2.84. The Balaban J connectivity index is 1.19. The Morgan fingerprint density at radius 1 is 0.656 bits per heavy atom. The fraction of sp³-hybridized carbons (Fsp3) is 0.966. The molecular formula is C29H52O3. The van der Waals surface area contributed by atoms with Crippen molar-refractivity contribution in [2.75, 3.05) is 6.61 Å². The largest absolute Gasteiger partial charge is 0.462 e. The number of ether oxygens (including phenoxy) is 2. The molecule has 32 heavy (non-hydrogen) atoms. The van der Waals surface area contributed by atoms with Crippen LogP contribution in [0.25, 0.3) is 0 Å². The van der Waals surface area contributed by atoms with E-state index in [1.807, 2.05) is 0 Å². The smallest absolute Gasteiger partial charge is 0.309 e. The van der Waals surface area contributed by atoms with Crippen LogP contribution in [0.3, 0.4) is 0 Å². The minimum absolute atomic E-state index is 0.123. The zero-order chi connectivity index (χ0) is 22.6. The molecule has 0 N–H and O–H groups in total. The van der Waals surface area contributed by atoms with Crippen molar-refractivity contribution in [3.63, 3.8) is 0 Å². The summed E-state index contributed by atoms with van der Waals surface area (Å²) in [6.45, 7) is 5.48. The highest BCUT2D eigenvalue weighted by Crippen LogP contribution is 2.35. The maximum Gasteiger partial charge on any atom is 0.309 e. The van der Waals surface area contributed by atoms with E-state index in [0.717, 1.165) is 50.0 Å². The zero-order valence-electron chi connectivity index (χ0n) is 21.3. The van der Waals surface area contributed by atoms with Gasteiger partial charge in [0.25, 0.3) is 0 Å². The van der Waals surface area contributed by atoms with Crippen LogP contribution in [0.4, 0.5) is 0 Å². The molecule has 0 bridgehead atoms. The van der Waals surface area contributed by atoms with Gasteiger partial charge in [0, 0.05) is 6.61 Å². The maximum absolute atomic E-state index is 12.6. The first-order valence-corrected chi connectivity index (χ1v) is 14.5. The van der Waals surface area contributed by atoms with Crippen molar-refractivity contribution in [3.8, 4) is 0 Å². The summed E-state index contributed by atoms with van der Waals surface area (Å²) >= 11 is 0. The van der Waals surface area contributed by atoms with Crippen molar-refractivity contribution in [1.82, 2.24) is 0 Å². The third-order valence-corrected chi connectivity index (χ3v) is 8.95. The fourth-order valence-corrected chi connectivity index (χ4v) is 6.45. The van der Waals surface area contributed by atoms with Gasteiger partial charge in [0.2, 0.25) is 0 Å². The third kappa shape index (κ3) is 8.99. The van der Waals surface area contributed by atoms with E-state index in [9.17, 15) is 4.79 Å². The van der Waals surface area contributed by atoms with Gasteiger partial charge in [-0.25, -0.2) is 0 Å². The number of hydrogen-bond donors (Lipinski definition) is 0. The molecule has 0 spiro atoms. The van der Waals surface area contributed by atoms with E-state index in [2.05, 4.69) is 13.8 Å². The molecule has 0 radical (unpaired) electrons. The first-order valence-electron chi connectivity index (χ1n) is 14.5. The topological polar surface area (TPSA) is 35.5 Å². The number of carbonyl (C=O) groups excluding carboxylic acids is 1. The summed E-state index contributed by atoms with van der Waals surface area (Å²) in [6.07, 6.45) is 24.7. The molecule has 0 aliphatic heterocycles. The van der Waals surface area contributed by atoms with Crippen LogP contribution in [0.15, 0.2) is 0 Å². The van der Waals surface area contributed by atoms with Gasteiger partial charge in [-0.15, -0.1) is 0 Å². The molecule has 186 valence electrons. The number of esters is 1. The van der Waals surface area contributed by atoms with Crippen LogP contribution >= 0.6 is 0 Å². The molecule has 3 heteroatoms. The SMILES string of the molecule is CCCCOC1CCC(CCCCC2CCC(C(=O)OC3CCC(CC)CC3)CC2)CC1. The van der Waals surface area contributed by atoms with E-state index in [0.29, 0.717) is 6.10 Å². The summed E-state index contributed by atoms with van der Waals surface area (Å²) in [6, 6.07) is 0. The normalized spacial score (nSPS) is 33.7. The molecule has 3 rings (SSSR count). The van der Waals surface area contributed by atoms with E-state index in [-0.39, 0.29) is 18.0 Å². The molecule has 3 aliphatic rings. The minimum Gasteiger partial charge on any atom is -0.462 e. The van der Waals surface area contributed by atoms with Crippen molar-refractivity contribution >= 4 is 5.97 Å². The minimum atomic E-state index is 0.123. The van der Waals surface area contributed by atoms with E-state index < -0.39 is 0 Å². The Bertz CT molecular complexity index is 495. The Morgan fingerprint density at radius 3 is 1.75 bits per heavy atom. The first kappa shape index (κ1) is 26.0. The Morgan fingerprint density at radius 2 is 1.19 bits per heavy atom. The Hall–Kier alpha value is -0.570. The summed E-state index contributed by atoms with van der Waals surface area (Å²) in [4.78, 5) is 12.6. The van der Waals surface area contributed by atoms with Crippen molar-refractivity contribution in [3.05, 3.63) is 0 Å². The highest BCUT2D eigenvalue weighted by Gasteiger charge is 2.30. The number of hydrogen-bond acceptors (Lipinski definition) is 3. The summed E-state index contributed by atoms with van der Waals surface area (Å²) in [7, 11) is 0. The molecule has 3 aliphatic carbocycles. The van der Waals surface area contributed by atoms with Crippen LogP contribution in [0.1, 0.15) is 136 Å². The Labute approximate surface area is 198 Å². The van der Waals surface area contributed by atoms with Crippen molar-refractivity contribution in [2.24, 2.45) is 23.7 Å². The summed E-state index contributed by atoms with van der Waals surface area (Å²) < 4.78 is 11.9. The molecule has 3 fully saturated rings. The van der Waals surface area contributed by atoms with Crippen molar-refractivity contribution in [1.29, 1.82) is 0 Å². The lowest BCUT2D eigenvalue weighted by atomic mass is 9.79. The number of unbranched alkanes of at least 4 members (excludes halogenated alkanes) is 2. The van der Waals surface area contributed by atoms with Gasteiger partial charge in [0.15, 0.2) is 0 Å². The molecule has 0 aromatic carbocycles. The van der Waals surface area contributed by atoms with E-state index in [1.165, 1.54) is 96.3 Å². The molecular weight excluding hydrogens is 396 g/mol. The molecule has 0 atom stereocenters. The maximum atomic E-state index is 12.6. The van der Waals surface area contributed by atoms with E-state index in [1.54, 1.807) is 0 Å². The van der Waals surface area contributed by atoms with Crippen molar-refractivity contribution < 1.29 is 14.3 Å². The van der Waals surface area contributed by atoms with Crippen molar-refractivity contribution in [2.45, 2.75) is 148 Å². The molecule has 0 heterocycles. The Kier molecular flexibility index (Phi) is 11.9. The quantitative estimate of drug-likeness (QED) is 0.223. The van der Waals surface area contributed by atoms with Gasteiger partial charge in [0.1, 0.15) is 6.10 Å². The second kappa shape index (κ2) is 14.6. The van der Waals surface area contributed by atoms with Gasteiger partial charge in [-0.05, 0) is 101 Å². The van der Waals surface area contributed by atoms with Gasteiger partial charge in [-0.1, -0.05) is 52.4 Å². The second-order valence-corrected chi connectivity index (χ2v) is 11.4. The second-order valence-electron chi connectivity index (χ2n) is 11.4. The predicted octanol–water partition coefficient (Wildman–Crippen LogP) is 8.24. The molecule has 0 saturated heterocycles. The average molecular weight is 449 g/mol. The van der Waals surface area contributed by atoms with Crippen LogP contribution in [-0.4, -0.2) is 24.8 Å². The lowest BCUT2D eigenvalue weighted by molar-refractivity contribution is -0.157. The third-order valence-electron chi connectivity index (χ3n) is 8.95. The molecule has 0 aromatic heterocycles. The lowest BCUT2D eigenvalue weighted by Gasteiger charge is -2.31. The summed E-state index contributed by atoms with van der Waals surface area (Å²) in [5.74, 6) is 2.96. The van der Waals surface area contributed by atoms with Crippen LogP contribution < -0.4 is 0 Å². The van der Waals surface area contributed by atoms with Gasteiger partial charge < -0.3 is 9.47 Å². The molecule has 0 amide bonds. The van der Waals surface area contributed by atoms with Gasteiger partial charge in [0.05, 0.1) is 12.0 Å². The molecule has 0 unspecified atom stereocenters. The van der Waals surface area contributed by atoms with Crippen LogP contribution in [0, 0.1) is 23.7 Å². The van der Waals surface area contributed by atoms with Gasteiger partial charge in [-0.2, -0.15) is 0 Å². The highest BCUT2D eigenvalue weighted by molar-refractivity contribution is 5.72. The fourth-order valence-electron chi connectivity index (χ4n) is 6.45. The predicted molar refractivity (Wildman–Crippen MR) is 133 cm³/mol. The van der Waals surface area contributed by atoms with Crippen LogP contribution in [-0.2, 0) is 14.3 Å². The molecule has 0 aromatic rings. The summed E-state index contributed by atoms with van der Waals surface area (Å²) in [5.41, 5.74) is 0. The van der Waals surface area contributed by atoms with E-state index in [4.69, 9.17) is 9.47 Å². The monoisotopic (exact) mass is 448 g/mol. The van der Waals surface area contributed by atoms with Gasteiger partial charge in [-0.3, -0.25) is 4.79 Å². The summed E-state index contributed by atoms with van der Waals surface area (Å²) in [5, 5.41) is 0. The lowest BCUT2D eigenvalue weighted by Crippen LogP contribution is -2.30. The number of carbonyl (C=O) groups is 1. The van der Waals surface area contributed by atoms with Crippen LogP contribution in [0.5, 0.6) is 0 Å². The standard InChI is InChI=1S/C29H52O3/c1-3-5-22-31-27-18-14-25(15-19-27)9-7-6-8-24-10-16-26(17-11-24)29(30)32-28-20-12-23(4-2)13-21-28/h23-28H,3-22H2,1-2H3. The zero-order valence-corrected chi connectivity index (χ0v) is 21.3. The van der Waals surface area contributed by atoms with Crippen LogP contribution in [0.2, 0.25) is 0 Å².